The van der Waals surface area contributed by atoms with E-state index < -0.39 is 30.1 Å². The number of benzene rings is 1. The largest absolute Gasteiger partial charge is 0.491 e. The summed E-state index contributed by atoms with van der Waals surface area (Å²) in [4.78, 5) is 39.6. The molecule has 0 bridgehead atoms. The summed E-state index contributed by atoms with van der Waals surface area (Å²) in [6, 6.07) is 14.4. The second-order valence-electron chi connectivity index (χ2n) is 10.8. The number of piperazine rings is 1. The highest BCUT2D eigenvalue weighted by molar-refractivity contribution is 5.92. The Morgan fingerprint density at radius 2 is 1.89 bits per heavy atom. The number of fused-ring (bicyclic) bond motifs is 1. The number of nitrogens with one attached hydrogen (secondary N) is 2. The third-order valence-corrected chi connectivity index (χ3v) is 8.26. The Kier molecular flexibility index (Phi) is 8.07. The van der Waals surface area contributed by atoms with E-state index in [0.717, 1.165) is 16.9 Å². The van der Waals surface area contributed by atoms with Crippen molar-refractivity contribution in [3.8, 4) is 11.8 Å². The van der Waals surface area contributed by atoms with Crippen molar-refractivity contribution in [2.45, 2.75) is 24.8 Å². The van der Waals surface area contributed by atoms with Crippen molar-refractivity contribution in [1.29, 1.82) is 5.26 Å². The molecule has 0 radical (unpaired) electrons. The maximum Gasteiger partial charge on any atom is 0.402 e. The van der Waals surface area contributed by atoms with Crippen LogP contribution in [0.4, 0.5) is 19.0 Å². The lowest BCUT2D eigenvalue weighted by Crippen LogP contribution is -2.64. The molecule has 3 aliphatic heterocycles. The predicted molar refractivity (Wildman–Crippen MR) is 151 cm³/mol. The monoisotopic (exact) mass is 606 g/mol. The average molecular weight is 607 g/mol. The lowest BCUT2D eigenvalue weighted by atomic mass is 9.94. The molecule has 11 nitrogen and oxygen atoms in total. The number of ether oxygens (including phenoxy) is 1. The number of pyridine rings is 2. The first-order chi connectivity index (χ1) is 21.2. The molecule has 0 saturated carbocycles. The summed E-state index contributed by atoms with van der Waals surface area (Å²) in [6.07, 6.45) is -1.74. The van der Waals surface area contributed by atoms with Crippen LogP contribution in [0, 0.1) is 17.2 Å². The second kappa shape index (κ2) is 12.1. The summed E-state index contributed by atoms with van der Waals surface area (Å²) >= 11 is 0. The number of carbonyl (C=O) groups excluding carboxylic acids is 2. The van der Waals surface area contributed by atoms with Gasteiger partial charge in [0.2, 0.25) is 5.91 Å². The average Bonchev–Trinajstić information content (AvgIpc) is 3.41. The van der Waals surface area contributed by atoms with Crippen LogP contribution in [0.1, 0.15) is 33.2 Å². The Bertz CT molecular complexity index is 1570. The van der Waals surface area contributed by atoms with Crippen molar-refractivity contribution >= 4 is 17.6 Å². The van der Waals surface area contributed by atoms with Crippen LogP contribution in [0.5, 0.6) is 5.75 Å². The Labute approximate surface area is 251 Å². The first kappa shape index (κ1) is 29.3. The van der Waals surface area contributed by atoms with Crippen molar-refractivity contribution in [2.24, 2.45) is 5.92 Å². The van der Waals surface area contributed by atoms with Crippen LogP contribution in [0.15, 0.2) is 60.9 Å². The number of rotatable bonds is 6. The third-order valence-electron chi connectivity index (χ3n) is 8.26. The number of hydrazine groups is 1. The second-order valence-corrected chi connectivity index (χ2v) is 10.8. The van der Waals surface area contributed by atoms with Gasteiger partial charge in [-0.15, -0.1) is 0 Å². The third kappa shape index (κ3) is 5.88. The van der Waals surface area contributed by atoms with E-state index in [-0.39, 0.29) is 31.3 Å². The predicted octanol–water partition coefficient (Wildman–Crippen LogP) is 2.43. The van der Waals surface area contributed by atoms with Gasteiger partial charge in [-0.3, -0.25) is 24.9 Å². The van der Waals surface area contributed by atoms with Gasteiger partial charge < -0.3 is 14.5 Å². The number of carbonyl (C=O) groups is 2. The van der Waals surface area contributed by atoms with E-state index >= 15 is 0 Å². The van der Waals surface area contributed by atoms with Gasteiger partial charge in [0.15, 0.2) is 5.92 Å². The molecule has 1 aromatic carbocycles. The number of amides is 2. The molecule has 2 saturated heterocycles. The fraction of sp³-hybridized carbons (Fsp3) is 0.367. The topological polar surface area (TPSA) is 127 Å². The fourth-order valence-corrected chi connectivity index (χ4v) is 6.04. The lowest BCUT2D eigenvalue weighted by Gasteiger charge is -2.40. The van der Waals surface area contributed by atoms with Crippen LogP contribution in [0.3, 0.4) is 0 Å². The van der Waals surface area contributed by atoms with E-state index in [9.17, 15) is 22.8 Å². The maximum absolute atomic E-state index is 14.0. The van der Waals surface area contributed by atoms with Gasteiger partial charge in [-0.2, -0.15) is 18.4 Å². The van der Waals surface area contributed by atoms with Crippen molar-refractivity contribution in [3.63, 3.8) is 0 Å². The molecule has 14 heteroatoms. The van der Waals surface area contributed by atoms with Crippen LogP contribution in [-0.2, 0) is 11.3 Å². The number of alkyl halides is 3. The molecule has 5 heterocycles. The van der Waals surface area contributed by atoms with Crippen LogP contribution < -0.4 is 20.5 Å². The van der Waals surface area contributed by atoms with Crippen molar-refractivity contribution < 1.29 is 27.5 Å². The molecule has 2 aromatic heterocycles. The van der Waals surface area contributed by atoms with Crippen molar-refractivity contribution in [1.82, 2.24) is 30.6 Å². The van der Waals surface area contributed by atoms with Gasteiger partial charge in [0.1, 0.15) is 29.9 Å². The molecule has 3 aliphatic rings. The van der Waals surface area contributed by atoms with E-state index in [2.05, 4.69) is 20.8 Å². The summed E-state index contributed by atoms with van der Waals surface area (Å²) < 4.78 is 48.1. The summed E-state index contributed by atoms with van der Waals surface area (Å²) in [5.74, 6) is -2.48. The Balaban J connectivity index is 1.13. The van der Waals surface area contributed by atoms with Crippen LogP contribution in [0.2, 0.25) is 0 Å². The minimum absolute atomic E-state index is 0.00756. The SMILES string of the molecule is N#Cc1ccc(N2CCN(C(=O)c3cc(OCC4c5ccccc5CN4C4CNNC(=O)C4C(F)(F)F)ccn3)CC2)nc1. The quantitative estimate of drug-likeness (QED) is 0.435. The number of halogens is 3. The van der Waals surface area contributed by atoms with Crippen molar-refractivity contribution in [3.05, 3.63) is 83.3 Å². The zero-order valence-corrected chi connectivity index (χ0v) is 23.5. The molecule has 0 aliphatic carbocycles. The van der Waals surface area contributed by atoms with Crippen LogP contribution >= 0.6 is 0 Å². The van der Waals surface area contributed by atoms with Gasteiger partial charge in [0.05, 0.1) is 11.6 Å². The van der Waals surface area contributed by atoms with Gasteiger partial charge >= 0.3 is 6.18 Å². The molecule has 2 N–H and O–H groups in total. The maximum atomic E-state index is 14.0. The minimum Gasteiger partial charge on any atom is -0.491 e. The highest BCUT2D eigenvalue weighted by Gasteiger charge is 2.55. The molecular formula is C30H29F3N8O3. The lowest BCUT2D eigenvalue weighted by molar-refractivity contribution is -0.202. The molecule has 6 rings (SSSR count). The summed E-state index contributed by atoms with van der Waals surface area (Å²) in [5, 5.41) is 8.98. The normalized spacial score (nSPS) is 22.2. The molecule has 228 valence electrons. The molecule has 44 heavy (non-hydrogen) atoms. The van der Waals surface area contributed by atoms with E-state index in [1.165, 1.54) is 18.5 Å². The smallest absolute Gasteiger partial charge is 0.402 e. The van der Waals surface area contributed by atoms with Gasteiger partial charge in [-0.05, 0) is 29.3 Å². The number of aromatic nitrogens is 2. The van der Waals surface area contributed by atoms with Gasteiger partial charge in [-0.1, -0.05) is 24.3 Å². The number of anilines is 1. The molecule has 3 aromatic rings. The molecular weight excluding hydrogens is 577 g/mol. The zero-order chi connectivity index (χ0) is 30.8. The zero-order valence-electron chi connectivity index (χ0n) is 23.5. The number of nitriles is 1. The van der Waals surface area contributed by atoms with E-state index in [1.54, 1.807) is 28.0 Å². The Morgan fingerprint density at radius 1 is 1.09 bits per heavy atom. The Hall–Kier alpha value is -4.74. The van der Waals surface area contributed by atoms with Crippen LogP contribution in [-0.4, -0.2) is 83.1 Å². The number of hydrogen-bond acceptors (Lipinski definition) is 9. The first-order valence-corrected chi connectivity index (χ1v) is 14.1. The van der Waals surface area contributed by atoms with Gasteiger partial charge in [-0.25, -0.2) is 10.4 Å². The minimum atomic E-state index is -4.72. The van der Waals surface area contributed by atoms with Crippen LogP contribution in [0.25, 0.3) is 0 Å². The Morgan fingerprint density at radius 3 is 2.61 bits per heavy atom. The highest BCUT2D eigenvalue weighted by atomic mass is 19.4. The molecule has 3 unspecified atom stereocenters. The fourth-order valence-electron chi connectivity index (χ4n) is 6.04. The number of nitrogens with zero attached hydrogens (tertiary/aromatic N) is 6. The van der Waals surface area contributed by atoms with Gasteiger partial charge in [0.25, 0.3) is 5.91 Å². The first-order valence-electron chi connectivity index (χ1n) is 14.1. The molecule has 2 fully saturated rings. The summed E-state index contributed by atoms with van der Waals surface area (Å²) in [7, 11) is 0. The molecule has 3 atom stereocenters. The highest BCUT2D eigenvalue weighted by Crippen LogP contribution is 2.41. The van der Waals surface area contributed by atoms with E-state index in [1.807, 2.05) is 35.2 Å². The standard InChI is InChI=1S/C30H29F3N8O3/c31-30(32,33)27-24(16-37-38-28(27)42)41-17-20-3-1-2-4-22(20)25(41)18-44-21-7-8-35-23(13-21)29(43)40-11-9-39(10-12-40)26-6-5-19(14-34)15-36-26/h1-8,13,15,24-25,27,37H,9-12,16-18H2,(H,38,42). The molecule has 2 amide bonds. The van der Waals surface area contributed by atoms with E-state index in [4.69, 9.17) is 10.00 Å². The van der Waals surface area contributed by atoms with Crippen molar-refractivity contribution in [2.75, 3.05) is 44.2 Å². The number of hydrogen-bond donors (Lipinski definition) is 2. The summed E-state index contributed by atoms with van der Waals surface area (Å²) in [5.41, 5.74) is 7.09. The molecule has 0 spiro atoms. The summed E-state index contributed by atoms with van der Waals surface area (Å²) in [6.45, 7) is 2.18. The van der Waals surface area contributed by atoms with Gasteiger partial charge in [0, 0.05) is 63.8 Å². The van der Waals surface area contributed by atoms with E-state index in [0.29, 0.717) is 37.5 Å².